The summed E-state index contributed by atoms with van der Waals surface area (Å²) < 4.78 is 19.0. The molecule has 1 saturated carbocycles. The number of carbonyl (C=O) groups is 2. The monoisotopic (exact) mass is 600 g/mol. The lowest BCUT2D eigenvalue weighted by atomic mass is 9.89. The number of imidazole rings is 1. The van der Waals surface area contributed by atoms with Crippen molar-refractivity contribution in [2.24, 2.45) is 0 Å². The topological polar surface area (TPSA) is 124 Å². The number of benzene rings is 2. The van der Waals surface area contributed by atoms with E-state index in [9.17, 15) is 9.59 Å². The van der Waals surface area contributed by atoms with Gasteiger partial charge in [0.1, 0.15) is 11.3 Å². The highest BCUT2D eigenvalue weighted by Gasteiger charge is 2.35. The molecule has 11 heteroatoms. The number of ether oxygens (including phenoxy) is 2. The first-order chi connectivity index (χ1) is 21.5. The van der Waals surface area contributed by atoms with Crippen molar-refractivity contribution >= 4 is 23.1 Å². The number of hydrogen-bond acceptors (Lipinski definition) is 8. The Morgan fingerprint density at radius 3 is 2.82 bits per heavy atom. The number of piperazine rings is 1. The second-order valence-electron chi connectivity index (χ2n) is 11.4. The minimum Gasteiger partial charge on any atom is -0.493 e. The van der Waals surface area contributed by atoms with Gasteiger partial charge in [0, 0.05) is 50.7 Å². The Labute approximate surface area is 256 Å². The molecule has 2 aliphatic rings. The number of alkyl carbamates (subject to hydrolysis) is 1. The largest absolute Gasteiger partial charge is 0.493 e. The molecule has 6 rings (SSSR count). The summed E-state index contributed by atoms with van der Waals surface area (Å²) in [5.41, 5.74) is 3.62. The molecule has 3 heterocycles. The van der Waals surface area contributed by atoms with Gasteiger partial charge in [-0.3, -0.25) is 4.79 Å². The van der Waals surface area contributed by atoms with Crippen LogP contribution in [0, 0.1) is 6.92 Å². The third-order valence-electron chi connectivity index (χ3n) is 8.51. The Balaban J connectivity index is 1.23. The lowest BCUT2D eigenvalue weighted by molar-refractivity contribution is 0.0601. The molecule has 0 bridgehead atoms. The maximum Gasteiger partial charge on any atom is 0.407 e. The minimum atomic E-state index is -0.413. The Hall–Kier alpha value is -4.38. The summed E-state index contributed by atoms with van der Waals surface area (Å²) in [5.74, 6) is 1.24. The maximum atomic E-state index is 14.3. The molecule has 232 valence electrons. The molecular weight excluding hydrogens is 560 g/mol. The van der Waals surface area contributed by atoms with Gasteiger partial charge < -0.3 is 34.0 Å². The fraction of sp³-hybridized carbons (Fsp3) is 0.455. The quantitative estimate of drug-likeness (QED) is 0.272. The van der Waals surface area contributed by atoms with Crippen molar-refractivity contribution in [3.05, 3.63) is 66.4 Å². The van der Waals surface area contributed by atoms with Crippen LogP contribution in [0.5, 0.6) is 5.75 Å². The molecule has 2 aromatic heterocycles. The van der Waals surface area contributed by atoms with Gasteiger partial charge >= 0.3 is 6.09 Å². The Morgan fingerprint density at radius 2 is 1.98 bits per heavy atom. The number of nitrogens with zero attached hydrogens (tertiary/aromatic N) is 4. The second-order valence-corrected chi connectivity index (χ2v) is 11.4. The molecule has 44 heavy (non-hydrogen) atoms. The number of carbonyl (C=O) groups excluding carboxylic acids is 2. The van der Waals surface area contributed by atoms with E-state index in [0.29, 0.717) is 50.9 Å². The molecule has 0 unspecified atom stereocenters. The lowest BCUT2D eigenvalue weighted by Crippen LogP contribution is -2.54. The van der Waals surface area contributed by atoms with Crippen LogP contribution in [0.15, 0.2) is 59.3 Å². The van der Waals surface area contributed by atoms with Crippen LogP contribution in [0.4, 0.5) is 4.79 Å². The van der Waals surface area contributed by atoms with Crippen LogP contribution in [0.1, 0.15) is 61.4 Å². The number of amides is 2. The fourth-order valence-electron chi connectivity index (χ4n) is 6.43. The number of nitrogens with one attached hydrogen (secondary N) is 2. The molecule has 2 N–H and O–H groups in total. The maximum absolute atomic E-state index is 14.3. The molecule has 1 aliphatic carbocycles. The van der Waals surface area contributed by atoms with Crippen LogP contribution < -0.4 is 15.4 Å². The standard InChI is InChI=1S/C33H40N6O5/c1-3-42-33(41)37-26-11-7-8-12-28(26)39-21-35-30(31(39)23-9-5-4-6-10-23)32(40)38-17-16-34-20-24(38)15-18-43-25-13-14-29-27(19-25)36-22(2)44-29/h4-6,9-10,13-14,19,21,24,26,28,34H,3,7-8,11-12,15-18,20H2,1-2H3,(H,37,41)/t24-,26+,28+/m1/s1. The molecule has 3 atom stereocenters. The van der Waals surface area contributed by atoms with Gasteiger partial charge in [-0.05, 0) is 31.9 Å². The van der Waals surface area contributed by atoms with E-state index in [-0.39, 0.29) is 24.0 Å². The first-order valence-corrected chi connectivity index (χ1v) is 15.6. The first-order valence-electron chi connectivity index (χ1n) is 15.6. The number of aromatic nitrogens is 3. The number of hydrogen-bond donors (Lipinski definition) is 2. The van der Waals surface area contributed by atoms with Gasteiger partial charge in [0.25, 0.3) is 5.91 Å². The Morgan fingerprint density at radius 1 is 1.14 bits per heavy atom. The minimum absolute atomic E-state index is 0.0459. The third kappa shape index (κ3) is 6.42. The summed E-state index contributed by atoms with van der Waals surface area (Å²) in [6.45, 7) is 6.34. The highest BCUT2D eigenvalue weighted by Crippen LogP contribution is 2.35. The molecule has 2 aromatic carbocycles. The molecule has 2 fully saturated rings. The molecule has 2 amide bonds. The molecule has 1 saturated heterocycles. The average molecular weight is 601 g/mol. The van der Waals surface area contributed by atoms with Crippen molar-refractivity contribution in [2.45, 2.75) is 64.1 Å². The van der Waals surface area contributed by atoms with Crippen LogP contribution in [0.25, 0.3) is 22.4 Å². The van der Waals surface area contributed by atoms with Crippen LogP contribution in [0.3, 0.4) is 0 Å². The predicted molar refractivity (Wildman–Crippen MR) is 166 cm³/mol. The van der Waals surface area contributed by atoms with Gasteiger partial charge in [-0.2, -0.15) is 0 Å². The zero-order valence-corrected chi connectivity index (χ0v) is 25.3. The predicted octanol–water partition coefficient (Wildman–Crippen LogP) is 5.11. The Bertz CT molecular complexity index is 1580. The summed E-state index contributed by atoms with van der Waals surface area (Å²) in [6.07, 6.45) is 5.77. The van der Waals surface area contributed by atoms with E-state index in [1.807, 2.05) is 60.4 Å². The molecule has 0 radical (unpaired) electrons. The zero-order chi connectivity index (χ0) is 30.5. The molecule has 4 aromatic rings. The van der Waals surface area contributed by atoms with Crippen molar-refractivity contribution < 1.29 is 23.5 Å². The second kappa shape index (κ2) is 13.5. The van der Waals surface area contributed by atoms with Gasteiger partial charge in [-0.25, -0.2) is 14.8 Å². The van der Waals surface area contributed by atoms with Crippen molar-refractivity contribution in [3.8, 4) is 17.0 Å². The summed E-state index contributed by atoms with van der Waals surface area (Å²) in [4.78, 5) is 37.8. The Kier molecular flexibility index (Phi) is 9.11. The SMILES string of the molecule is CCOC(=O)N[C@H]1CCCC[C@@H]1n1cnc(C(=O)N2CCNC[C@H]2CCOc2ccc3oc(C)nc3c2)c1-c1ccccc1. The van der Waals surface area contributed by atoms with E-state index in [1.165, 1.54) is 0 Å². The molecular formula is C33H40N6O5. The van der Waals surface area contributed by atoms with Crippen LogP contribution in [-0.2, 0) is 4.74 Å². The van der Waals surface area contributed by atoms with Crippen LogP contribution in [0.2, 0.25) is 0 Å². The summed E-state index contributed by atoms with van der Waals surface area (Å²) in [7, 11) is 0. The normalized spacial score (nSPS) is 20.4. The number of fused-ring (bicyclic) bond motifs is 1. The van der Waals surface area contributed by atoms with Crippen molar-refractivity contribution in [2.75, 3.05) is 32.8 Å². The first kappa shape index (κ1) is 29.7. The zero-order valence-electron chi connectivity index (χ0n) is 25.3. The average Bonchev–Trinajstić information content (AvgIpc) is 3.64. The summed E-state index contributed by atoms with van der Waals surface area (Å²) in [6, 6.07) is 15.3. The van der Waals surface area contributed by atoms with Crippen molar-refractivity contribution in [1.82, 2.24) is 30.1 Å². The molecule has 11 nitrogen and oxygen atoms in total. The van der Waals surface area contributed by atoms with E-state index in [1.54, 1.807) is 13.3 Å². The van der Waals surface area contributed by atoms with Gasteiger partial charge in [-0.15, -0.1) is 0 Å². The van der Waals surface area contributed by atoms with E-state index in [2.05, 4.69) is 20.2 Å². The van der Waals surface area contributed by atoms with Gasteiger partial charge in [-0.1, -0.05) is 43.2 Å². The lowest BCUT2D eigenvalue weighted by Gasteiger charge is -2.36. The fourth-order valence-corrected chi connectivity index (χ4v) is 6.43. The molecule has 0 spiro atoms. The summed E-state index contributed by atoms with van der Waals surface area (Å²) >= 11 is 0. The van der Waals surface area contributed by atoms with Crippen molar-refractivity contribution in [3.63, 3.8) is 0 Å². The van der Waals surface area contributed by atoms with Gasteiger partial charge in [0.15, 0.2) is 17.2 Å². The van der Waals surface area contributed by atoms with E-state index in [0.717, 1.165) is 53.8 Å². The highest BCUT2D eigenvalue weighted by atomic mass is 16.5. The number of rotatable bonds is 9. The van der Waals surface area contributed by atoms with Gasteiger partial charge in [0.05, 0.1) is 37.3 Å². The van der Waals surface area contributed by atoms with Gasteiger partial charge in [0.2, 0.25) is 0 Å². The molecule has 1 aliphatic heterocycles. The van der Waals surface area contributed by atoms with Crippen molar-refractivity contribution in [1.29, 1.82) is 0 Å². The summed E-state index contributed by atoms with van der Waals surface area (Å²) in [5, 5.41) is 6.50. The number of aryl methyl sites for hydroxylation is 1. The van der Waals surface area contributed by atoms with E-state index < -0.39 is 6.09 Å². The smallest absolute Gasteiger partial charge is 0.407 e. The number of oxazole rings is 1. The van der Waals surface area contributed by atoms with Crippen LogP contribution in [-0.4, -0.2) is 76.4 Å². The highest BCUT2D eigenvalue weighted by molar-refractivity contribution is 5.98. The third-order valence-corrected chi connectivity index (χ3v) is 8.51. The van der Waals surface area contributed by atoms with E-state index >= 15 is 0 Å². The van der Waals surface area contributed by atoms with E-state index in [4.69, 9.17) is 18.9 Å². The van der Waals surface area contributed by atoms with Crippen LogP contribution >= 0.6 is 0 Å².